The fraction of sp³-hybridized carbons (Fsp3) is 0.133. The van der Waals surface area contributed by atoms with Gasteiger partial charge in [0.25, 0.3) is 0 Å². The summed E-state index contributed by atoms with van der Waals surface area (Å²) < 4.78 is 0. The van der Waals surface area contributed by atoms with Crippen molar-refractivity contribution in [2.45, 2.75) is 6.04 Å². The molecule has 1 atom stereocenters. The Balaban J connectivity index is 2.02. The van der Waals surface area contributed by atoms with Gasteiger partial charge < -0.3 is 4.90 Å². The van der Waals surface area contributed by atoms with E-state index in [1.54, 1.807) is 12.1 Å². The van der Waals surface area contributed by atoms with Crippen LogP contribution in [0.4, 0.5) is 10.5 Å². The first-order chi connectivity index (χ1) is 9.76. The normalized spacial score (nSPS) is 16.6. The van der Waals surface area contributed by atoms with Gasteiger partial charge in [0, 0.05) is 5.39 Å². The summed E-state index contributed by atoms with van der Waals surface area (Å²) in [7, 11) is 0. The summed E-state index contributed by atoms with van der Waals surface area (Å²) >= 11 is 0. The average molecular weight is 265 g/mol. The number of amides is 3. The van der Waals surface area contributed by atoms with E-state index in [1.807, 2.05) is 36.4 Å². The number of rotatable bonds is 2. The SMILES string of the molecule is N#CC1CN1C(=O)N(C=O)c1cccc2ccccc12. The summed E-state index contributed by atoms with van der Waals surface area (Å²) in [6.45, 7) is 0.379. The first-order valence-corrected chi connectivity index (χ1v) is 6.19. The van der Waals surface area contributed by atoms with Gasteiger partial charge in [-0.25, -0.2) is 9.69 Å². The lowest BCUT2D eigenvalue weighted by Crippen LogP contribution is -2.34. The van der Waals surface area contributed by atoms with Crippen LogP contribution in [0.3, 0.4) is 0 Å². The van der Waals surface area contributed by atoms with Gasteiger partial charge in [-0.3, -0.25) is 4.79 Å². The molecule has 2 aromatic rings. The van der Waals surface area contributed by atoms with E-state index in [0.29, 0.717) is 18.6 Å². The van der Waals surface area contributed by atoms with Gasteiger partial charge in [-0.05, 0) is 11.5 Å². The highest BCUT2D eigenvalue weighted by Gasteiger charge is 2.41. The highest BCUT2D eigenvalue weighted by Crippen LogP contribution is 2.28. The van der Waals surface area contributed by atoms with E-state index in [9.17, 15) is 9.59 Å². The molecule has 0 aromatic heterocycles. The van der Waals surface area contributed by atoms with Crippen LogP contribution >= 0.6 is 0 Å². The number of hydrogen-bond donors (Lipinski definition) is 0. The largest absolute Gasteiger partial charge is 0.332 e. The molecule has 1 aliphatic heterocycles. The molecule has 0 spiro atoms. The summed E-state index contributed by atoms with van der Waals surface area (Å²) in [5.74, 6) is 0. The molecule has 1 heterocycles. The zero-order valence-electron chi connectivity index (χ0n) is 10.6. The maximum absolute atomic E-state index is 12.2. The lowest BCUT2D eigenvalue weighted by atomic mass is 10.1. The van der Waals surface area contributed by atoms with Crippen LogP contribution in [0.1, 0.15) is 0 Å². The van der Waals surface area contributed by atoms with Gasteiger partial charge in [0.05, 0.1) is 18.3 Å². The van der Waals surface area contributed by atoms with Crippen LogP contribution < -0.4 is 4.90 Å². The molecule has 0 N–H and O–H groups in total. The Morgan fingerprint density at radius 3 is 2.75 bits per heavy atom. The van der Waals surface area contributed by atoms with Crippen LogP contribution in [0.15, 0.2) is 42.5 Å². The minimum atomic E-state index is -0.456. The Labute approximate surface area is 115 Å². The standard InChI is InChI=1S/C15H11N3O2/c16-8-12-9-17(12)15(20)18(10-19)14-7-3-5-11-4-1-2-6-13(11)14/h1-7,10,12H,9H2. The van der Waals surface area contributed by atoms with Gasteiger partial charge in [-0.2, -0.15) is 5.26 Å². The quantitative estimate of drug-likeness (QED) is 0.617. The molecule has 2 aromatic carbocycles. The minimum Gasteiger partial charge on any atom is -0.303 e. The van der Waals surface area contributed by atoms with E-state index < -0.39 is 12.1 Å². The third kappa shape index (κ3) is 1.88. The van der Waals surface area contributed by atoms with Crippen molar-refractivity contribution in [2.24, 2.45) is 0 Å². The third-order valence-corrected chi connectivity index (χ3v) is 3.34. The summed E-state index contributed by atoms with van der Waals surface area (Å²) in [5, 5.41) is 10.5. The van der Waals surface area contributed by atoms with Crippen molar-refractivity contribution in [3.8, 4) is 6.07 Å². The molecule has 1 saturated heterocycles. The molecular weight excluding hydrogens is 254 g/mol. The number of hydrogen-bond acceptors (Lipinski definition) is 3. The second-order valence-corrected chi connectivity index (χ2v) is 4.55. The molecule has 0 saturated carbocycles. The smallest absolute Gasteiger partial charge is 0.303 e. The molecule has 0 radical (unpaired) electrons. The summed E-state index contributed by atoms with van der Waals surface area (Å²) in [6, 6.07) is 14.1. The Bertz CT molecular complexity index is 730. The number of carbonyl (C=O) groups is 2. The molecule has 5 heteroatoms. The number of benzene rings is 2. The topological polar surface area (TPSA) is 64.2 Å². The van der Waals surface area contributed by atoms with Crippen molar-refractivity contribution in [1.82, 2.24) is 4.90 Å². The minimum absolute atomic E-state index is 0.379. The van der Waals surface area contributed by atoms with E-state index in [0.717, 1.165) is 15.7 Å². The predicted molar refractivity (Wildman–Crippen MR) is 74.0 cm³/mol. The fourth-order valence-electron chi connectivity index (χ4n) is 2.22. The van der Waals surface area contributed by atoms with Crippen LogP contribution in [0, 0.1) is 11.3 Å². The van der Waals surface area contributed by atoms with Crippen molar-refractivity contribution >= 4 is 28.9 Å². The molecule has 5 nitrogen and oxygen atoms in total. The van der Waals surface area contributed by atoms with E-state index in [-0.39, 0.29) is 0 Å². The van der Waals surface area contributed by atoms with Crippen LogP contribution in [0.5, 0.6) is 0 Å². The molecule has 0 bridgehead atoms. The second kappa shape index (κ2) is 4.67. The highest BCUT2D eigenvalue weighted by molar-refractivity contribution is 6.13. The summed E-state index contributed by atoms with van der Waals surface area (Å²) in [4.78, 5) is 25.9. The zero-order valence-corrected chi connectivity index (χ0v) is 10.6. The summed E-state index contributed by atoms with van der Waals surface area (Å²) in [5.41, 5.74) is 0.534. The molecule has 98 valence electrons. The predicted octanol–water partition coefficient (Wildman–Crippen LogP) is 2.13. The molecular formula is C15H11N3O2. The van der Waals surface area contributed by atoms with Crippen LogP contribution in [-0.4, -0.2) is 29.9 Å². The molecule has 3 amide bonds. The lowest BCUT2D eigenvalue weighted by molar-refractivity contribution is -0.106. The average Bonchev–Trinajstić information content (AvgIpc) is 3.28. The zero-order chi connectivity index (χ0) is 14.1. The Morgan fingerprint density at radius 2 is 2.05 bits per heavy atom. The van der Waals surface area contributed by atoms with Crippen LogP contribution in [0.2, 0.25) is 0 Å². The van der Waals surface area contributed by atoms with Gasteiger partial charge in [-0.1, -0.05) is 36.4 Å². The van der Waals surface area contributed by atoms with E-state index >= 15 is 0 Å². The Morgan fingerprint density at radius 1 is 1.30 bits per heavy atom. The van der Waals surface area contributed by atoms with Gasteiger partial charge in [-0.15, -0.1) is 0 Å². The van der Waals surface area contributed by atoms with Crippen molar-refractivity contribution in [3.63, 3.8) is 0 Å². The number of urea groups is 1. The Hall–Kier alpha value is -2.87. The number of fused-ring (bicyclic) bond motifs is 1. The van der Waals surface area contributed by atoms with E-state index in [2.05, 4.69) is 0 Å². The number of nitrogens with zero attached hydrogens (tertiary/aromatic N) is 3. The fourth-order valence-corrected chi connectivity index (χ4v) is 2.22. The summed E-state index contributed by atoms with van der Waals surface area (Å²) in [6.07, 6.45) is 0.497. The van der Waals surface area contributed by atoms with E-state index in [1.165, 1.54) is 4.90 Å². The van der Waals surface area contributed by atoms with E-state index in [4.69, 9.17) is 5.26 Å². The molecule has 20 heavy (non-hydrogen) atoms. The first-order valence-electron chi connectivity index (χ1n) is 6.19. The molecule has 1 aliphatic rings. The molecule has 1 unspecified atom stereocenters. The number of imide groups is 1. The maximum Gasteiger partial charge on any atom is 0.332 e. The van der Waals surface area contributed by atoms with Gasteiger partial charge in [0.2, 0.25) is 6.41 Å². The first kappa shape index (κ1) is 12.2. The number of anilines is 1. The molecule has 3 rings (SSSR count). The van der Waals surface area contributed by atoms with Crippen molar-refractivity contribution in [2.75, 3.05) is 11.4 Å². The molecule has 0 aliphatic carbocycles. The number of carbonyl (C=O) groups excluding carboxylic acids is 2. The van der Waals surface area contributed by atoms with Crippen LogP contribution in [-0.2, 0) is 4.79 Å². The van der Waals surface area contributed by atoms with Crippen molar-refractivity contribution < 1.29 is 9.59 Å². The van der Waals surface area contributed by atoms with Gasteiger partial charge in [0.15, 0.2) is 0 Å². The van der Waals surface area contributed by atoms with Gasteiger partial charge in [0.1, 0.15) is 6.04 Å². The monoisotopic (exact) mass is 265 g/mol. The van der Waals surface area contributed by atoms with Crippen LogP contribution in [0.25, 0.3) is 10.8 Å². The van der Waals surface area contributed by atoms with Crippen molar-refractivity contribution in [1.29, 1.82) is 5.26 Å². The lowest BCUT2D eigenvalue weighted by Gasteiger charge is -2.18. The third-order valence-electron chi connectivity index (χ3n) is 3.34. The highest BCUT2D eigenvalue weighted by atomic mass is 16.2. The van der Waals surface area contributed by atoms with Crippen molar-refractivity contribution in [3.05, 3.63) is 42.5 Å². The number of nitriles is 1. The van der Waals surface area contributed by atoms with Gasteiger partial charge >= 0.3 is 6.03 Å². The second-order valence-electron chi connectivity index (χ2n) is 4.55. The maximum atomic E-state index is 12.2. The Kier molecular flexibility index (Phi) is 2.84. The molecule has 1 fully saturated rings.